The number of ether oxygens (including phenoxy) is 1. The van der Waals surface area contributed by atoms with E-state index in [0.29, 0.717) is 29.5 Å². The van der Waals surface area contributed by atoms with Gasteiger partial charge in [0.2, 0.25) is 0 Å². The maximum atomic E-state index is 9.48. The van der Waals surface area contributed by atoms with E-state index in [9.17, 15) is 5.26 Å². The second-order valence-corrected chi connectivity index (χ2v) is 9.93. The molecule has 34 heavy (non-hydrogen) atoms. The Morgan fingerprint density at radius 2 is 2.09 bits per heavy atom. The van der Waals surface area contributed by atoms with E-state index < -0.39 is 0 Å². The first kappa shape index (κ1) is 24.6. The van der Waals surface area contributed by atoms with Gasteiger partial charge in [-0.3, -0.25) is 4.98 Å². The van der Waals surface area contributed by atoms with Crippen molar-refractivity contribution in [2.45, 2.75) is 64.0 Å². The predicted octanol–water partition coefficient (Wildman–Crippen LogP) is 5.54. The number of nitriles is 1. The van der Waals surface area contributed by atoms with Crippen molar-refractivity contribution in [3.8, 4) is 17.3 Å². The quantitative estimate of drug-likeness (QED) is 0.489. The Morgan fingerprint density at radius 1 is 1.29 bits per heavy atom. The van der Waals surface area contributed by atoms with Gasteiger partial charge < -0.3 is 15.4 Å². The highest BCUT2D eigenvalue weighted by Crippen LogP contribution is 2.40. The number of aromatic nitrogens is 2. The molecule has 2 N–H and O–H groups in total. The molecule has 0 aliphatic heterocycles. The number of aliphatic imine (C=N–C) groups is 1. The first-order valence-electron chi connectivity index (χ1n) is 12.1. The Kier molecular flexibility index (Phi) is 8.15. The van der Waals surface area contributed by atoms with Crippen LogP contribution in [-0.4, -0.2) is 48.0 Å². The summed E-state index contributed by atoms with van der Waals surface area (Å²) in [6.45, 7) is 3.52. The number of nitrogens with one attached hydrogen (secondary N) is 2. The van der Waals surface area contributed by atoms with E-state index in [4.69, 9.17) is 21.3 Å². The molecule has 8 heteroatoms. The molecular formula is C26H33ClN6O. The molecule has 2 fully saturated rings. The standard InChI is InChI=1S/C26H33ClN6O/c1-18(15-34-2)32-19-4-6-20(7-5-19)33-25-13-22(23(27)14-30-25)24-12-21(8-11-29-24)31-17-26(16-28)9-3-10-26/h8,11-14,18-19,32H,3-7,9-10,15,17H2,1-2H3,(H,29,31). The zero-order chi connectivity index (χ0) is 24.0. The van der Waals surface area contributed by atoms with Gasteiger partial charge in [0.15, 0.2) is 5.82 Å². The van der Waals surface area contributed by atoms with E-state index in [-0.39, 0.29) is 5.41 Å². The van der Waals surface area contributed by atoms with Crippen molar-refractivity contribution in [2.75, 3.05) is 25.6 Å². The van der Waals surface area contributed by atoms with Gasteiger partial charge in [-0.15, -0.1) is 0 Å². The molecule has 2 saturated carbocycles. The van der Waals surface area contributed by atoms with Gasteiger partial charge in [0, 0.05) is 55.1 Å². The van der Waals surface area contributed by atoms with Gasteiger partial charge in [-0.1, -0.05) is 18.0 Å². The van der Waals surface area contributed by atoms with Gasteiger partial charge >= 0.3 is 0 Å². The molecule has 0 spiro atoms. The third kappa shape index (κ3) is 6.12. The van der Waals surface area contributed by atoms with Gasteiger partial charge in [-0.05, 0) is 63.6 Å². The van der Waals surface area contributed by atoms with Crippen LogP contribution in [-0.2, 0) is 4.74 Å². The van der Waals surface area contributed by atoms with Crippen LogP contribution < -0.4 is 10.6 Å². The topological polar surface area (TPSA) is 95.2 Å². The molecule has 0 saturated heterocycles. The number of rotatable bonds is 9. The van der Waals surface area contributed by atoms with Gasteiger partial charge in [-0.2, -0.15) is 5.26 Å². The number of anilines is 1. The first-order chi connectivity index (χ1) is 16.5. The van der Waals surface area contributed by atoms with Crippen molar-refractivity contribution < 1.29 is 4.74 Å². The smallest absolute Gasteiger partial charge is 0.152 e. The number of nitrogens with zero attached hydrogens (tertiary/aromatic N) is 4. The van der Waals surface area contributed by atoms with E-state index in [1.54, 1.807) is 19.5 Å². The number of hydrogen-bond donors (Lipinski definition) is 2. The molecule has 2 aliphatic carbocycles. The lowest BCUT2D eigenvalue weighted by atomic mass is 9.70. The molecule has 0 bridgehead atoms. The van der Waals surface area contributed by atoms with E-state index in [0.717, 1.165) is 68.5 Å². The summed E-state index contributed by atoms with van der Waals surface area (Å²) in [5.41, 5.74) is 3.43. The van der Waals surface area contributed by atoms with Crippen LogP contribution in [0.15, 0.2) is 35.6 Å². The van der Waals surface area contributed by atoms with Gasteiger partial charge in [0.25, 0.3) is 0 Å². The fourth-order valence-electron chi connectivity index (χ4n) is 4.67. The zero-order valence-corrected chi connectivity index (χ0v) is 20.7. The maximum Gasteiger partial charge on any atom is 0.152 e. The van der Waals surface area contributed by atoms with Crippen LogP contribution in [0.3, 0.4) is 0 Å². The highest BCUT2D eigenvalue weighted by atomic mass is 35.5. The highest BCUT2D eigenvalue weighted by Gasteiger charge is 2.36. The minimum atomic E-state index is -0.239. The third-order valence-corrected chi connectivity index (χ3v) is 7.13. The normalized spacial score (nSPS) is 20.2. The summed E-state index contributed by atoms with van der Waals surface area (Å²) in [4.78, 5) is 13.8. The Morgan fingerprint density at radius 3 is 2.76 bits per heavy atom. The lowest BCUT2D eigenvalue weighted by Gasteiger charge is -2.35. The lowest BCUT2D eigenvalue weighted by molar-refractivity contribution is 0.164. The minimum absolute atomic E-state index is 0.239. The molecule has 2 heterocycles. The van der Waals surface area contributed by atoms with Gasteiger partial charge in [-0.25, -0.2) is 9.98 Å². The Labute approximate surface area is 207 Å². The first-order valence-corrected chi connectivity index (χ1v) is 12.5. The average Bonchev–Trinajstić information content (AvgIpc) is 2.81. The van der Waals surface area contributed by atoms with Crippen LogP contribution in [0, 0.1) is 16.7 Å². The summed E-state index contributed by atoms with van der Waals surface area (Å²) in [6, 6.07) is 9.13. The van der Waals surface area contributed by atoms with E-state index in [1.807, 2.05) is 18.2 Å². The summed E-state index contributed by atoms with van der Waals surface area (Å²) in [5, 5.41) is 17.1. The van der Waals surface area contributed by atoms with Crippen LogP contribution in [0.5, 0.6) is 0 Å². The van der Waals surface area contributed by atoms with Crippen LogP contribution in [0.1, 0.15) is 51.9 Å². The molecule has 0 aromatic carbocycles. The second kappa shape index (κ2) is 11.3. The predicted molar refractivity (Wildman–Crippen MR) is 137 cm³/mol. The van der Waals surface area contributed by atoms with Crippen molar-refractivity contribution in [2.24, 2.45) is 10.4 Å². The lowest BCUT2D eigenvalue weighted by Crippen LogP contribution is -2.41. The maximum absolute atomic E-state index is 9.48. The van der Waals surface area contributed by atoms with Crippen molar-refractivity contribution in [3.05, 3.63) is 35.6 Å². The number of halogens is 1. The third-order valence-electron chi connectivity index (χ3n) is 6.83. The molecule has 2 aromatic rings. The molecule has 180 valence electrons. The summed E-state index contributed by atoms with van der Waals surface area (Å²) in [7, 11) is 1.73. The molecule has 2 aromatic heterocycles. The number of hydrogen-bond acceptors (Lipinski definition) is 7. The van der Waals surface area contributed by atoms with Crippen LogP contribution in [0.4, 0.5) is 11.5 Å². The van der Waals surface area contributed by atoms with Crippen molar-refractivity contribution in [1.82, 2.24) is 15.3 Å². The number of pyridine rings is 2. The minimum Gasteiger partial charge on any atom is -0.383 e. The molecule has 0 radical (unpaired) electrons. The van der Waals surface area contributed by atoms with Crippen molar-refractivity contribution in [1.29, 1.82) is 5.26 Å². The van der Waals surface area contributed by atoms with E-state index in [1.165, 1.54) is 5.71 Å². The van der Waals surface area contributed by atoms with Crippen molar-refractivity contribution >= 4 is 28.8 Å². The number of methoxy groups -OCH3 is 1. The second-order valence-electron chi connectivity index (χ2n) is 9.53. The molecule has 0 amide bonds. The zero-order valence-electron chi connectivity index (χ0n) is 20.0. The highest BCUT2D eigenvalue weighted by molar-refractivity contribution is 6.33. The SMILES string of the molecule is COCC(C)NC1CCC(=Nc2cc(-c3cc(NCC4(C#N)CCC4)ccn3)c(Cl)cn2)CC1. The monoisotopic (exact) mass is 480 g/mol. The van der Waals surface area contributed by atoms with Crippen LogP contribution >= 0.6 is 11.6 Å². The summed E-state index contributed by atoms with van der Waals surface area (Å²) >= 11 is 6.49. The molecule has 2 aliphatic rings. The molecule has 1 atom stereocenters. The van der Waals surface area contributed by atoms with Crippen LogP contribution in [0.2, 0.25) is 5.02 Å². The molecule has 7 nitrogen and oxygen atoms in total. The summed E-state index contributed by atoms with van der Waals surface area (Å²) < 4.78 is 5.22. The Hall–Kier alpha value is -2.53. The fraction of sp³-hybridized carbons (Fsp3) is 0.538. The van der Waals surface area contributed by atoms with Crippen LogP contribution in [0.25, 0.3) is 11.3 Å². The Bertz CT molecular complexity index is 1050. The van der Waals surface area contributed by atoms with E-state index >= 15 is 0 Å². The van der Waals surface area contributed by atoms with Gasteiger partial charge in [0.05, 0.1) is 28.8 Å². The fourth-order valence-corrected chi connectivity index (χ4v) is 4.87. The Balaban J connectivity index is 1.42. The largest absolute Gasteiger partial charge is 0.383 e. The van der Waals surface area contributed by atoms with Gasteiger partial charge in [0.1, 0.15) is 0 Å². The summed E-state index contributed by atoms with van der Waals surface area (Å²) in [6.07, 6.45) is 10.5. The molecular weight excluding hydrogens is 448 g/mol. The molecule has 4 rings (SSSR count). The van der Waals surface area contributed by atoms with E-state index in [2.05, 4.69) is 33.6 Å². The average molecular weight is 481 g/mol. The molecule has 1 unspecified atom stereocenters. The summed E-state index contributed by atoms with van der Waals surface area (Å²) in [5.74, 6) is 0.659. The van der Waals surface area contributed by atoms with Crippen molar-refractivity contribution in [3.63, 3.8) is 0 Å².